The summed E-state index contributed by atoms with van der Waals surface area (Å²) in [5, 5.41) is 15.8. The van der Waals surface area contributed by atoms with Crippen molar-refractivity contribution >= 4 is 23.4 Å². The van der Waals surface area contributed by atoms with Crippen molar-refractivity contribution in [3.05, 3.63) is 53.1 Å². The quantitative estimate of drug-likeness (QED) is 0.602. The predicted octanol–water partition coefficient (Wildman–Crippen LogP) is 1.06. The van der Waals surface area contributed by atoms with Gasteiger partial charge in [-0.1, -0.05) is 24.6 Å². The molecule has 2 aromatic heterocycles. The van der Waals surface area contributed by atoms with E-state index in [0.717, 1.165) is 11.4 Å². The minimum atomic E-state index is -0.0762. The molecule has 0 N–H and O–H groups in total. The molecule has 3 aromatic rings. The summed E-state index contributed by atoms with van der Waals surface area (Å²) in [5.41, 5.74) is 2.22. The number of benzene rings is 1. The number of hydrogen-bond donors (Lipinski definition) is 0. The zero-order valence-electron chi connectivity index (χ0n) is 16.5. The topological polar surface area (TPSA) is 102 Å². The van der Waals surface area contributed by atoms with Crippen LogP contribution in [0.5, 0.6) is 0 Å². The lowest BCUT2D eigenvalue weighted by molar-refractivity contribution is -0.133. The molecule has 11 heteroatoms. The molecular weight excluding hydrogens is 408 g/mol. The second kappa shape index (κ2) is 8.62. The van der Waals surface area contributed by atoms with Gasteiger partial charge >= 0.3 is 0 Å². The molecule has 0 aliphatic carbocycles. The van der Waals surface area contributed by atoms with Crippen molar-refractivity contribution in [3.8, 4) is 5.69 Å². The summed E-state index contributed by atoms with van der Waals surface area (Å²) in [5.74, 6) is -0.148. The Balaban J connectivity index is 1.44. The molecule has 3 heterocycles. The van der Waals surface area contributed by atoms with Crippen LogP contribution in [-0.4, -0.2) is 77.8 Å². The first-order valence-electron chi connectivity index (χ1n) is 9.67. The van der Waals surface area contributed by atoms with Crippen molar-refractivity contribution in [2.45, 2.75) is 19.9 Å². The van der Waals surface area contributed by atoms with E-state index < -0.39 is 0 Å². The predicted molar refractivity (Wildman–Crippen MR) is 108 cm³/mol. The van der Waals surface area contributed by atoms with Gasteiger partial charge in [0.25, 0.3) is 5.91 Å². The third kappa shape index (κ3) is 4.04. The van der Waals surface area contributed by atoms with Gasteiger partial charge in [0.1, 0.15) is 12.9 Å². The molecule has 1 aliphatic rings. The maximum atomic E-state index is 13.1. The molecule has 1 fully saturated rings. The minimum absolute atomic E-state index is 0.0718. The lowest BCUT2D eigenvalue weighted by atomic mass is 10.1. The normalized spacial score (nSPS) is 14.2. The summed E-state index contributed by atoms with van der Waals surface area (Å²) in [6, 6.07) is 7.37. The van der Waals surface area contributed by atoms with Gasteiger partial charge in [0.05, 0.1) is 23.1 Å². The zero-order chi connectivity index (χ0) is 21.1. The third-order valence-corrected chi connectivity index (χ3v) is 5.33. The van der Waals surface area contributed by atoms with E-state index in [1.807, 2.05) is 25.1 Å². The lowest BCUT2D eigenvalue weighted by Crippen LogP contribution is -2.51. The Morgan fingerprint density at radius 2 is 1.90 bits per heavy atom. The van der Waals surface area contributed by atoms with Crippen molar-refractivity contribution in [2.24, 2.45) is 0 Å². The van der Waals surface area contributed by atoms with Crippen LogP contribution in [-0.2, 0) is 17.8 Å². The lowest BCUT2D eigenvalue weighted by Gasteiger charge is -2.34. The van der Waals surface area contributed by atoms with E-state index in [9.17, 15) is 9.59 Å². The first-order chi connectivity index (χ1) is 14.6. The first-order valence-corrected chi connectivity index (χ1v) is 10.0. The van der Waals surface area contributed by atoms with Crippen LogP contribution >= 0.6 is 11.6 Å². The summed E-state index contributed by atoms with van der Waals surface area (Å²) in [6.45, 7) is 3.95. The number of carbonyl (C=O) groups excluding carboxylic acids is 2. The number of piperazine rings is 1. The highest BCUT2D eigenvalue weighted by Crippen LogP contribution is 2.20. The van der Waals surface area contributed by atoms with Crippen LogP contribution in [0.25, 0.3) is 5.69 Å². The van der Waals surface area contributed by atoms with Crippen LogP contribution in [0.1, 0.15) is 23.0 Å². The molecule has 0 spiro atoms. The van der Waals surface area contributed by atoms with Crippen molar-refractivity contribution < 1.29 is 9.59 Å². The van der Waals surface area contributed by atoms with Gasteiger partial charge in [-0.2, -0.15) is 5.10 Å². The molecule has 0 radical (unpaired) electrons. The van der Waals surface area contributed by atoms with E-state index in [2.05, 4.69) is 20.6 Å². The molecule has 0 bridgehead atoms. The van der Waals surface area contributed by atoms with Gasteiger partial charge in [-0.25, -0.2) is 9.36 Å². The SMILES string of the molecule is CCc1c(C(=O)N2CCN(C(=O)Cn3cnnn3)CC2)cnn1-c1cccc(Cl)c1. The summed E-state index contributed by atoms with van der Waals surface area (Å²) in [6.07, 6.45) is 3.66. The van der Waals surface area contributed by atoms with Gasteiger partial charge in [-0.05, 0) is 35.0 Å². The van der Waals surface area contributed by atoms with Crippen LogP contribution in [0.15, 0.2) is 36.8 Å². The smallest absolute Gasteiger partial charge is 0.257 e. The molecule has 156 valence electrons. The molecule has 1 aliphatic heterocycles. The van der Waals surface area contributed by atoms with Gasteiger partial charge in [0.2, 0.25) is 5.91 Å². The fourth-order valence-electron chi connectivity index (χ4n) is 3.54. The van der Waals surface area contributed by atoms with Crippen LogP contribution < -0.4 is 0 Å². The van der Waals surface area contributed by atoms with Crippen molar-refractivity contribution in [1.29, 1.82) is 0 Å². The minimum Gasteiger partial charge on any atom is -0.338 e. The molecule has 0 atom stereocenters. The van der Waals surface area contributed by atoms with Crippen LogP contribution in [0.3, 0.4) is 0 Å². The van der Waals surface area contributed by atoms with Gasteiger partial charge in [-0.15, -0.1) is 5.10 Å². The Kier molecular flexibility index (Phi) is 5.75. The highest BCUT2D eigenvalue weighted by Gasteiger charge is 2.27. The van der Waals surface area contributed by atoms with Crippen LogP contribution in [0, 0.1) is 0 Å². The number of halogens is 1. The monoisotopic (exact) mass is 428 g/mol. The van der Waals surface area contributed by atoms with E-state index in [1.54, 1.807) is 26.7 Å². The summed E-state index contributed by atoms with van der Waals surface area (Å²) in [4.78, 5) is 29.0. The van der Waals surface area contributed by atoms with Crippen molar-refractivity contribution in [1.82, 2.24) is 39.8 Å². The number of rotatable bonds is 5. The largest absolute Gasteiger partial charge is 0.338 e. The van der Waals surface area contributed by atoms with E-state index in [4.69, 9.17) is 11.6 Å². The summed E-state index contributed by atoms with van der Waals surface area (Å²) < 4.78 is 3.14. The maximum Gasteiger partial charge on any atom is 0.257 e. The molecular formula is C19H21ClN8O2. The Morgan fingerprint density at radius 3 is 2.57 bits per heavy atom. The van der Waals surface area contributed by atoms with E-state index in [1.165, 1.54) is 11.0 Å². The van der Waals surface area contributed by atoms with Crippen LogP contribution in [0.2, 0.25) is 5.02 Å². The van der Waals surface area contributed by atoms with E-state index >= 15 is 0 Å². The molecule has 0 saturated carbocycles. The highest BCUT2D eigenvalue weighted by molar-refractivity contribution is 6.30. The third-order valence-electron chi connectivity index (χ3n) is 5.10. The van der Waals surface area contributed by atoms with E-state index in [0.29, 0.717) is 43.2 Å². The number of amides is 2. The zero-order valence-corrected chi connectivity index (χ0v) is 17.2. The van der Waals surface area contributed by atoms with Gasteiger partial charge in [-0.3, -0.25) is 9.59 Å². The molecule has 10 nitrogen and oxygen atoms in total. The Bertz CT molecular complexity index is 1040. The maximum absolute atomic E-state index is 13.1. The van der Waals surface area contributed by atoms with Crippen molar-refractivity contribution in [3.63, 3.8) is 0 Å². The number of nitrogens with zero attached hydrogens (tertiary/aromatic N) is 8. The fraction of sp³-hybridized carbons (Fsp3) is 0.368. The highest BCUT2D eigenvalue weighted by atomic mass is 35.5. The Morgan fingerprint density at radius 1 is 1.13 bits per heavy atom. The van der Waals surface area contributed by atoms with E-state index in [-0.39, 0.29) is 18.4 Å². The fourth-order valence-corrected chi connectivity index (χ4v) is 3.73. The average molecular weight is 429 g/mol. The molecule has 0 unspecified atom stereocenters. The number of carbonyl (C=O) groups is 2. The average Bonchev–Trinajstić information content (AvgIpc) is 3.43. The molecule has 4 rings (SSSR count). The number of hydrogen-bond acceptors (Lipinski definition) is 6. The second-order valence-electron chi connectivity index (χ2n) is 6.93. The Labute approximate surface area is 178 Å². The second-order valence-corrected chi connectivity index (χ2v) is 7.37. The molecule has 1 aromatic carbocycles. The summed E-state index contributed by atoms with van der Waals surface area (Å²) in [7, 11) is 0. The van der Waals surface area contributed by atoms with Gasteiger partial charge < -0.3 is 9.80 Å². The molecule has 2 amide bonds. The number of aromatic nitrogens is 6. The van der Waals surface area contributed by atoms with Gasteiger partial charge in [0.15, 0.2) is 0 Å². The van der Waals surface area contributed by atoms with Crippen LogP contribution in [0.4, 0.5) is 0 Å². The standard InChI is InChI=1S/C19H21ClN8O2/c1-2-17-16(11-22-28(17)15-5-3-4-14(20)10-15)19(30)26-8-6-25(7-9-26)18(29)12-27-13-21-23-24-27/h3-5,10-11,13H,2,6-9,12H2,1H3. The molecule has 30 heavy (non-hydrogen) atoms. The molecule has 1 saturated heterocycles. The number of tetrazole rings is 1. The Hall–Kier alpha value is -3.27. The van der Waals surface area contributed by atoms with Gasteiger partial charge in [0, 0.05) is 31.2 Å². The summed E-state index contributed by atoms with van der Waals surface area (Å²) >= 11 is 6.10. The first kappa shape index (κ1) is 20.0. The van der Waals surface area contributed by atoms with Crippen molar-refractivity contribution in [2.75, 3.05) is 26.2 Å².